The molecular weight excluding hydrogens is 430 g/mol. The van der Waals surface area contributed by atoms with E-state index in [9.17, 15) is 14.7 Å². The SMILES string of the molecule is O=C(O)CC(Oc1ccccc1NC(=O)c1cccc(Nc2ccccn2)c1)c1ccccc1. The average molecular weight is 453 g/mol. The Morgan fingerprint density at radius 1 is 0.882 bits per heavy atom. The van der Waals surface area contributed by atoms with Crippen LogP contribution in [0.15, 0.2) is 103 Å². The number of nitrogens with zero attached hydrogens (tertiary/aromatic N) is 1. The number of benzene rings is 3. The predicted octanol–water partition coefficient (Wildman–Crippen LogP) is 5.67. The number of rotatable bonds is 9. The maximum atomic E-state index is 13.0. The van der Waals surface area contributed by atoms with Crippen LogP contribution in [-0.2, 0) is 4.79 Å². The maximum absolute atomic E-state index is 13.0. The molecular formula is C27H23N3O4. The van der Waals surface area contributed by atoms with E-state index in [2.05, 4.69) is 15.6 Å². The fourth-order valence-corrected chi connectivity index (χ4v) is 3.40. The van der Waals surface area contributed by atoms with Gasteiger partial charge in [-0.05, 0) is 48.0 Å². The van der Waals surface area contributed by atoms with E-state index in [1.165, 1.54) is 0 Å². The molecule has 0 aliphatic carbocycles. The molecule has 0 saturated heterocycles. The normalized spacial score (nSPS) is 11.3. The van der Waals surface area contributed by atoms with Crippen molar-refractivity contribution in [3.8, 4) is 5.75 Å². The molecule has 1 amide bonds. The quantitative estimate of drug-likeness (QED) is 0.302. The zero-order chi connectivity index (χ0) is 23.8. The van der Waals surface area contributed by atoms with Crippen molar-refractivity contribution in [1.29, 1.82) is 0 Å². The Kier molecular flexibility index (Phi) is 7.15. The molecule has 4 rings (SSSR count). The van der Waals surface area contributed by atoms with Crippen molar-refractivity contribution in [3.63, 3.8) is 0 Å². The minimum atomic E-state index is -0.979. The third-order valence-electron chi connectivity index (χ3n) is 5.00. The van der Waals surface area contributed by atoms with Crippen molar-refractivity contribution in [2.75, 3.05) is 10.6 Å². The number of hydrogen-bond donors (Lipinski definition) is 3. The summed E-state index contributed by atoms with van der Waals surface area (Å²) < 4.78 is 6.07. The highest BCUT2D eigenvalue weighted by molar-refractivity contribution is 6.05. The molecule has 0 spiro atoms. The molecule has 0 aliphatic heterocycles. The molecule has 1 aromatic heterocycles. The number of nitrogens with one attached hydrogen (secondary N) is 2. The molecule has 0 radical (unpaired) electrons. The molecule has 1 atom stereocenters. The number of para-hydroxylation sites is 2. The van der Waals surface area contributed by atoms with E-state index in [-0.39, 0.29) is 12.3 Å². The van der Waals surface area contributed by atoms with Crippen LogP contribution in [0, 0.1) is 0 Å². The van der Waals surface area contributed by atoms with Crippen LogP contribution in [0.2, 0.25) is 0 Å². The number of carboxylic acid groups (broad SMARTS) is 1. The smallest absolute Gasteiger partial charge is 0.307 e. The van der Waals surface area contributed by atoms with E-state index in [4.69, 9.17) is 4.74 Å². The van der Waals surface area contributed by atoms with Gasteiger partial charge in [-0.3, -0.25) is 9.59 Å². The van der Waals surface area contributed by atoms with Crippen LogP contribution < -0.4 is 15.4 Å². The van der Waals surface area contributed by atoms with Crippen LogP contribution in [0.4, 0.5) is 17.2 Å². The topological polar surface area (TPSA) is 101 Å². The van der Waals surface area contributed by atoms with E-state index in [1.54, 1.807) is 48.7 Å². The van der Waals surface area contributed by atoms with E-state index >= 15 is 0 Å². The third kappa shape index (κ3) is 5.98. The number of amides is 1. The second-order valence-electron chi connectivity index (χ2n) is 7.49. The van der Waals surface area contributed by atoms with Gasteiger partial charge in [0.05, 0.1) is 12.1 Å². The lowest BCUT2D eigenvalue weighted by atomic mass is 10.1. The first kappa shape index (κ1) is 22.5. The summed E-state index contributed by atoms with van der Waals surface area (Å²) in [7, 11) is 0. The maximum Gasteiger partial charge on any atom is 0.307 e. The van der Waals surface area contributed by atoms with Gasteiger partial charge in [0.25, 0.3) is 5.91 Å². The summed E-state index contributed by atoms with van der Waals surface area (Å²) in [5, 5.41) is 15.4. The number of aliphatic carboxylic acids is 1. The Morgan fingerprint density at radius 3 is 2.41 bits per heavy atom. The van der Waals surface area contributed by atoms with Gasteiger partial charge in [0.1, 0.15) is 17.7 Å². The molecule has 7 nitrogen and oxygen atoms in total. The van der Waals surface area contributed by atoms with Crippen molar-refractivity contribution in [1.82, 2.24) is 4.98 Å². The summed E-state index contributed by atoms with van der Waals surface area (Å²) in [6, 6.07) is 28.7. The van der Waals surface area contributed by atoms with Crippen molar-refractivity contribution >= 4 is 29.1 Å². The monoisotopic (exact) mass is 453 g/mol. The summed E-state index contributed by atoms with van der Waals surface area (Å²) in [5.74, 6) is -0.249. The molecule has 0 aliphatic rings. The molecule has 0 saturated carbocycles. The minimum Gasteiger partial charge on any atom is -0.483 e. The zero-order valence-corrected chi connectivity index (χ0v) is 18.2. The molecule has 34 heavy (non-hydrogen) atoms. The predicted molar refractivity (Wildman–Crippen MR) is 130 cm³/mol. The van der Waals surface area contributed by atoms with Crippen LogP contribution in [0.5, 0.6) is 5.75 Å². The highest BCUT2D eigenvalue weighted by Gasteiger charge is 2.19. The average Bonchev–Trinajstić information content (AvgIpc) is 2.86. The molecule has 170 valence electrons. The van der Waals surface area contributed by atoms with Crippen molar-refractivity contribution in [2.24, 2.45) is 0 Å². The summed E-state index contributed by atoms with van der Waals surface area (Å²) in [5.41, 5.74) is 2.35. The van der Waals surface area contributed by atoms with Crippen LogP contribution in [0.3, 0.4) is 0 Å². The standard InChI is InChI=1S/C27H23N3O4/c31-26(32)18-24(19-9-2-1-3-10-19)34-23-14-5-4-13-22(23)30-27(33)20-11-8-12-21(17-20)29-25-15-6-7-16-28-25/h1-17,24H,18H2,(H,28,29)(H,30,33)(H,31,32). The highest BCUT2D eigenvalue weighted by atomic mass is 16.5. The number of carboxylic acids is 1. The summed E-state index contributed by atoms with van der Waals surface area (Å²) >= 11 is 0. The van der Waals surface area contributed by atoms with Gasteiger partial charge in [0, 0.05) is 17.4 Å². The fourth-order valence-electron chi connectivity index (χ4n) is 3.40. The van der Waals surface area contributed by atoms with Gasteiger partial charge < -0.3 is 20.5 Å². The zero-order valence-electron chi connectivity index (χ0n) is 18.2. The second kappa shape index (κ2) is 10.8. The Bertz CT molecular complexity index is 1260. The summed E-state index contributed by atoms with van der Waals surface area (Å²) in [6.07, 6.45) is 0.763. The van der Waals surface area contributed by atoms with Gasteiger partial charge >= 0.3 is 5.97 Å². The van der Waals surface area contributed by atoms with Gasteiger partial charge in [0.2, 0.25) is 0 Å². The number of ether oxygens (including phenoxy) is 1. The summed E-state index contributed by atoms with van der Waals surface area (Å²) in [6.45, 7) is 0. The number of carbonyl (C=O) groups excluding carboxylic acids is 1. The van der Waals surface area contributed by atoms with Crippen molar-refractivity contribution in [2.45, 2.75) is 12.5 Å². The Labute approximate surface area is 197 Å². The lowest BCUT2D eigenvalue weighted by Gasteiger charge is -2.20. The number of aromatic nitrogens is 1. The molecule has 3 aromatic carbocycles. The Balaban J connectivity index is 1.52. The van der Waals surface area contributed by atoms with Gasteiger partial charge in [-0.25, -0.2) is 4.98 Å². The largest absolute Gasteiger partial charge is 0.483 e. The second-order valence-corrected chi connectivity index (χ2v) is 7.49. The lowest BCUT2D eigenvalue weighted by molar-refractivity contribution is -0.138. The van der Waals surface area contributed by atoms with Crippen molar-refractivity contribution in [3.05, 3.63) is 114 Å². The molecule has 3 N–H and O–H groups in total. The van der Waals surface area contributed by atoms with Crippen LogP contribution in [-0.4, -0.2) is 22.0 Å². The third-order valence-corrected chi connectivity index (χ3v) is 5.00. The first-order valence-electron chi connectivity index (χ1n) is 10.7. The highest BCUT2D eigenvalue weighted by Crippen LogP contribution is 2.31. The number of anilines is 3. The minimum absolute atomic E-state index is 0.215. The molecule has 1 heterocycles. The van der Waals surface area contributed by atoms with E-state index in [0.717, 1.165) is 11.3 Å². The summed E-state index contributed by atoms with van der Waals surface area (Å²) in [4.78, 5) is 28.7. The van der Waals surface area contributed by atoms with E-state index in [1.807, 2.05) is 54.6 Å². The van der Waals surface area contributed by atoms with Crippen molar-refractivity contribution < 1.29 is 19.4 Å². The molecule has 4 aromatic rings. The van der Waals surface area contributed by atoms with Gasteiger partial charge in [-0.1, -0.05) is 54.6 Å². The van der Waals surface area contributed by atoms with Gasteiger partial charge in [-0.2, -0.15) is 0 Å². The molecule has 0 bridgehead atoms. The molecule has 0 fully saturated rings. The molecule has 7 heteroatoms. The first-order chi connectivity index (χ1) is 16.6. The number of hydrogen-bond acceptors (Lipinski definition) is 5. The van der Waals surface area contributed by atoms with E-state index in [0.29, 0.717) is 22.8 Å². The molecule has 1 unspecified atom stereocenters. The first-order valence-corrected chi connectivity index (χ1v) is 10.7. The van der Waals surface area contributed by atoms with E-state index < -0.39 is 12.1 Å². The van der Waals surface area contributed by atoms with Crippen LogP contribution >= 0.6 is 0 Å². The van der Waals surface area contributed by atoms with Crippen LogP contribution in [0.1, 0.15) is 28.4 Å². The number of carbonyl (C=O) groups is 2. The van der Waals surface area contributed by atoms with Gasteiger partial charge in [0.15, 0.2) is 0 Å². The Hall–Kier alpha value is -4.65. The number of pyridine rings is 1. The lowest BCUT2D eigenvalue weighted by Crippen LogP contribution is -2.16. The van der Waals surface area contributed by atoms with Crippen LogP contribution in [0.25, 0.3) is 0 Å². The Morgan fingerprint density at radius 2 is 1.65 bits per heavy atom. The van der Waals surface area contributed by atoms with Gasteiger partial charge in [-0.15, -0.1) is 0 Å². The fraction of sp³-hybridized carbons (Fsp3) is 0.0741.